The first-order chi connectivity index (χ1) is 8.50. The van der Waals surface area contributed by atoms with Crippen LogP contribution in [0.5, 0.6) is 0 Å². The Morgan fingerprint density at radius 2 is 1.89 bits per heavy atom. The Balaban J connectivity index is 1.80. The van der Waals surface area contributed by atoms with Crippen molar-refractivity contribution in [2.75, 3.05) is 59.2 Å². The van der Waals surface area contributed by atoms with Crippen LogP contribution in [0, 0.1) is 5.92 Å². The summed E-state index contributed by atoms with van der Waals surface area (Å²) in [5, 5.41) is 3.28. The predicted octanol–water partition coefficient (Wildman–Crippen LogP) is -1.20. The molecule has 0 saturated carbocycles. The molecule has 18 heavy (non-hydrogen) atoms. The molecule has 6 nitrogen and oxygen atoms in total. The van der Waals surface area contributed by atoms with Crippen molar-refractivity contribution in [3.8, 4) is 0 Å². The van der Waals surface area contributed by atoms with Gasteiger partial charge in [0.25, 0.3) is 0 Å². The zero-order chi connectivity index (χ0) is 13.2. The molecule has 2 rings (SSSR count). The third kappa shape index (κ3) is 3.42. The summed E-state index contributed by atoms with van der Waals surface area (Å²) in [5.41, 5.74) is 0. The molecule has 2 aliphatic rings. The molecule has 2 atom stereocenters. The fourth-order valence-electron chi connectivity index (χ4n) is 2.67. The van der Waals surface area contributed by atoms with Crippen molar-refractivity contribution >= 4 is 10.0 Å². The smallest absolute Gasteiger partial charge is 0.211 e. The molecule has 0 aromatic carbocycles. The molecule has 0 aromatic rings. The minimum absolute atomic E-state index is 0.429. The van der Waals surface area contributed by atoms with E-state index in [2.05, 4.69) is 10.2 Å². The van der Waals surface area contributed by atoms with Crippen molar-refractivity contribution < 1.29 is 13.2 Å². The Bertz CT molecular complexity index is 366. The molecule has 0 radical (unpaired) electrons. The number of ether oxygens (including phenoxy) is 1. The summed E-state index contributed by atoms with van der Waals surface area (Å²) in [6.07, 6.45) is 1.28. The highest BCUT2D eigenvalue weighted by Gasteiger charge is 2.30. The van der Waals surface area contributed by atoms with Crippen LogP contribution in [0.4, 0.5) is 0 Å². The van der Waals surface area contributed by atoms with E-state index in [1.54, 1.807) is 4.31 Å². The number of rotatable bonds is 4. The molecule has 2 heterocycles. The second-order valence-electron chi connectivity index (χ2n) is 5.16. The molecule has 0 aliphatic carbocycles. The maximum atomic E-state index is 11.4. The Morgan fingerprint density at radius 3 is 2.44 bits per heavy atom. The average molecular weight is 277 g/mol. The highest BCUT2D eigenvalue weighted by molar-refractivity contribution is 7.88. The van der Waals surface area contributed by atoms with Crippen molar-refractivity contribution in [3.63, 3.8) is 0 Å². The second-order valence-corrected chi connectivity index (χ2v) is 7.14. The van der Waals surface area contributed by atoms with Gasteiger partial charge in [-0.3, -0.25) is 0 Å². The van der Waals surface area contributed by atoms with E-state index in [-0.39, 0.29) is 0 Å². The second kappa shape index (κ2) is 5.83. The van der Waals surface area contributed by atoms with E-state index in [0.717, 1.165) is 32.8 Å². The Hall–Kier alpha value is -0.210. The number of nitrogens with zero attached hydrogens (tertiary/aromatic N) is 2. The van der Waals surface area contributed by atoms with Crippen LogP contribution in [0.2, 0.25) is 0 Å². The van der Waals surface area contributed by atoms with E-state index in [4.69, 9.17) is 4.74 Å². The van der Waals surface area contributed by atoms with E-state index in [0.29, 0.717) is 25.0 Å². The normalized spacial score (nSPS) is 31.9. The summed E-state index contributed by atoms with van der Waals surface area (Å²) in [6, 6.07) is 0.429. The summed E-state index contributed by atoms with van der Waals surface area (Å²) < 4.78 is 29.9. The van der Waals surface area contributed by atoms with Crippen LogP contribution in [0.25, 0.3) is 0 Å². The van der Waals surface area contributed by atoms with Gasteiger partial charge in [-0.2, -0.15) is 4.31 Å². The lowest BCUT2D eigenvalue weighted by atomic mass is 10.0. The fourth-order valence-corrected chi connectivity index (χ4v) is 3.50. The van der Waals surface area contributed by atoms with Crippen LogP contribution in [0.1, 0.15) is 0 Å². The molecule has 0 bridgehead atoms. The zero-order valence-corrected chi connectivity index (χ0v) is 11.9. The number of nitrogens with one attached hydrogen (secondary N) is 1. The molecule has 2 aliphatic heterocycles. The highest BCUT2D eigenvalue weighted by Crippen LogP contribution is 2.16. The molecule has 0 spiro atoms. The zero-order valence-electron chi connectivity index (χ0n) is 11.1. The van der Waals surface area contributed by atoms with Crippen LogP contribution in [-0.2, 0) is 14.8 Å². The highest BCUT2D eigenvalue weighted by atomic mass is 32.2. The van der Waals surface area contributed by atoms with Gasteiger partial charge in [0, 0.05) is 44.7 Å². The van der Waals surface area contributed by atoms with Gasteiger partial charge in [0.05, 0.1) is 19.5 Å². The summed E-state index contributed by atoms with van der Waals surface area (Å²) in [6.45, 7) is 5.43. The molecular formula is C11H23N3O3S. The molecule has 1 N–H and O–H groups in total. The SMILES string of the molecule is CNC1COCC1CN1CCN(S(C)(=O)=O)CC1. The summed E-state index contributed by atoms with van der Waals surface area (Å²) in [4.78, 5) is 2.34. The van der Waals surface area contributed by atoms with Crippen LogP contribution in [-0.4, -0.2) is 82.9 Å². The first kappa shape index (κ1) is 14.2. The number of hydrogen-bond donors (Lipinski definition) is 1. The molecule has 2 fully saturated rings. The fraction of sp³-hybridized carbons (Fsp3) is 1.00. The molecule has 2 saturated heterocycles. The number of likely N-dealkylation sites (N-methyl/N-ethyl adjacent to an activating group) is 1. The van der Waals surface area contributed by atoms with Gasteiger partial charge >= 0.3 is 0 Å². The number of sulfonamides is 1. The minimum Gasteiger partial charge on any atom is -0.379 e. The monoisotopic (exact) mass is 277 g/mol. The molecule has 106 valence electrons. The van der Waals surface area contributed by atoms with Gasteiger partial charge in [0.1, 0.15) is 0 Å². The quantitative estimate of drug-likeness (QED) is 0.699. The van der Waals surface area contributed by atoms with Crippen molar-refractivity contribution in [1.82, 2.24) is 14.5 Å². The van der Waals surface area contributed by atoms with Crippen molar-refractivity contribution in [1.29, 1.82) is 0 Å². The van der Waals surface area contributed by atoms with Gasteiger partial charge < -0.3 is 15.0 Å². The number of hydrogen-bond acceptors (Lipinski definition) is 5. The molecule has 0 aromatic heterocycles. The van der Waals surface area contributed by atoms with Gasteiger partial charge in [-0.15, -0.1) is 0 Å². The maximum Gasteiger partial charge on any atom is 0.211 e. The van der Waals surface area contributed by atoms with Gasteiger partial charge in [-0.05, 0) is 7.05 Å². The first-order valence-corrected chi connectivity index (χ1v) is 8.28. The molecular weight excluding hydrogens is 254 g/mol. The third-order valence-corrected chi connectivity index (χ3v) is 5.17. The van der Waals surface area contributed by atoms with E-state index in [1.807, 2.05) is 7.05 Å². The molecule has 2 unspecified atom stereocenters. The van der Waals surface area contributed by atoms with Gasteiger partial charge in [-0.25, -0.2) is 8.42 Å². The summed E-state index contributed by atoms with van der Waals surface area (Å²) in [5.74, 6) is 0.514. The lowest BCUT2D eigenvalue weighted by molar-refractivity contribution is 0.143. The van der Waals surface area contributed by atoms with Gasteiger partial charge in [0.2, 0.25) is 10.0 Å². The average Bonchev–Trinajstić information content (AvgIpc) is 2.76. The molecule has 0 amide bonds. The lowest BCUT2D eigenvalue weighted by Crippen LogP contribution is -2.51. The standard InChI is InChI=1S/C11H23N3O3S/c1-12-11-9-17-8-10(11)7-13-3-5-14(6-4-13)18(2,15)16/h10-12H,3-9H2,1-2H3. The lowest BCUT2D eigenvalue weighted by Gasteiger charge is -2.35. The summed E-state index contributed by atoms with van der Waals surface area (Å²) >= 11 is 0. The summed E-state index contributed by atoms with van der Waals surface area (Å²) in [7, 11) is -1.06. The van der Waals surface area contributed by atoms with Crippen LogP contribution >= 0.6 is 0 Å². The largest absolute Gasteiger partial charge is 0.379 e. The van der Waals surface area contributed by atoms with Gasteiger partial charge in [0.15, 0.2) is 0 Å². The minimum atomic E-state index is -3.02. The van der Waals surface area contributed by atoms with Crippen LogP contribution < -0.4 is 5.32 Å². The molecule has 7 heteroatoms. The van der Waals surface area contributed by atoms with Gasteiger partial charge in [-0.1, -0.05) is 0 Å². The van der Waals surface area contributed by atoms with Crippen molar-refractivity contribution in [2.45, 2.75) is 6.04 Å². The topological polar surface area (TPSA) is 61.9 Å². The Morgan fingerprint density at radius 1 is 1.22 bits per heavy atom. The van der Waals surface area contributed by atoms with E-state index < -0.39 is 10.0 Å². The first-order valence-electron chi connectivity index (χ1n) is 6.43. The van der Waals surface area contributed by atoms with Crippen molar-refractivity contribution in [2.24, 2.45) is 5.92 Å². The van der Waals surface area contributed by atoms with Crippen LogP contribution in [0.3, 0.4) is 0 Å². The Labute approximate surface area is 109 Å². The van der Waals surface area contributed by atoms with Crippen LogP contribution in [0.15, 0.2) is 0 Å². The van der Waals surface area contributed by atoms with E-state index >= 15 is 0 Å². The maximum absolute atomic E-state index is 11.4. The predicted molar refractivity (Wildman–Crippen MR) is 70.0 cm³/mol. The third-order valence-electron chi connectivity index (χ3n) is 3.86. The Kier molecular flexibility index (Phi) is 4.60. The number of piperazine rings is 1. The van der Waals surface area contributed by atoms with Crippen molar-refractivity contribution in [3.05, 3.63) is 0 Å². The van der Waals surface area contributed by atoms with E-state index in [9.17, 15) is 8.42 Å². The van der Waals surface area contributed by atoms with E-state index in [1.165, 1.54) is 6.26 Å².